The van der Waals surface area contributed by atoms with Crippen molar-refractivity contribution in [3.8, 4) is 0 Å². The first-order valence-electron chi connectivity index (χ1n) is 10.0. The number of benzene rings is 2. The van der Waals surface area contributed by atoms with E-state index in [1.807, 2.05) is 42.7 Å². The predicted molar refractivity (Wildman–Crippen MR) is 125 cm³/mol. The molecule has 0 saturated heterocycles. The molecule has 0 unspecified atom stereocenters. The van der Waals surface area contributed by atoms with E-state index in [1.165, 1.54) is 40.7 Å². The SMILES string of the molecule is CSc1ccccc1N(Cc1ccc(C(=O)NCC2=CCCCC2)cc1)S(C)(=O)=O. The zero-order valence-electron chi connectivity index (χ0n) is 17.4. The molecule has 0 spiro atoms. The smallest absolute Gasteiger partial charge is 0.251 e. The van der Waals surface area contributed by atoms with Crippen LogP contribution in [-0.2, 0) is 16.6 Å². The van der Waals surface area contributed by atoms with Crippen LogP contribution in [0.5, 0.6) is 0 Å². The number of hydrogen-bond donors (Lipinski definition) is 1. The van der Waals surface area contributed by atoms with Gasteiger partial charge in [-0.3, -0.25) is 9.10 Å². The van der Waals surface area contributed by atoms with Crippen LogP contribution in [0.25, 0.3) is 0 Å². The maximum Gasteiger partial charge on any atom is 0.251 e. The van der Waals surface area contributed by atoms with Crippen LogP contribution in [0.4, 0.5) is 5.69 Å². The first-order valence-corrected chi connectivity index (χ1v) is 13.1. The molecule has 1 amide bonds. The highest BCUT2D eigenvalue weighted by Gasteiger charge is 2.20. The minimum atomic E-state index is -3.46. The van der Waals surface area contributed by atoms with Gasteiger partial charge in [0.2, 0.25) is 10.0 Å². The molecule has 160 valence electrons. The van der Waals surface area contributed by atoms with E-state index in [-0.39, 0.29) is 12.5 Å². The number of thioether (sulfide) groups is 1. The number of anilines is 1. The number of carbonyl (C=O) groups is 1. The normalized spacial score (nSPS) is 14.1. The average Bonchev–Trinajstić information content (AvgIpc) is 2.76. The number of para-hydroxylation sites is 1. The van der Waals surface area contributed by atoms with Crippen LogP contribution in [0.3, 0.4) is 0 Å². The van der Waals surface area contributed by atoms with Crippen LogP contribution < -0.4 is 9.62 Å². The second-order valence-corrected chi connectivity index (χ2v) is 10.2. The summed E-state index contributed by atoms with van der Waals surface area (Å²) in [6.45, 7) is 0.805. The van der Waals surface area contributed by atoms with Crippen molar-refractivity contribution in [2.75, 3.05) is 23.4 Å². The van der Waals surface area contributed by atoms with E-state index in [0.717, 1.165) is 23.3 Å². The first kappa shape index (κ1) is 22.4. The molecule has 0 fully saturated rings. The molecule has 0 aromatic heterocycles. The first-order chi connectivity index (χ1) is 14.4. The molecule has 1 aliphatic carbocycles. The van der Waals surface area contributed by atoms with Crippen LogP contribution in [-0.4, -0.2) is 33.4 Å². The van der Waals surface area contributed by atoms with Crippen molar-refractivity contribution in [3.63, 3.8) is 0 Å². The van der Waals surface area contributed by atoms with Gasteiger partial charge in [-0.05, 0) is 61.8 Å². The Morgan fingerprint density at radius 2 is 1.83 bits per heavy atom. The highest BCUT2D eigenvalue weighted by Crippen LogP contribution is 2.31. The van der Waals surface area contributed by atoms with Crippen LogP contribution in [0.15, 0.2) is 65.1 Å². The molecule has 1 N–H and O–H groups in total. The van der Waals surface area contributed by atoms with Gasteiger partial charge in [-0.15, -0.1) is 11.8 Å². The molecule has 7 heteroatoms. The molecule has 2 aromatic rings. The van der Waals surface area contributed by atoms with Crippen LogP contribution >= 0.6 is 11.8 Å². The molecule has 2 aromatic carbocycles. The summed E-state index contributed by atoms with van der Waals surface area (Å²) in [5.74, 6) is -0.110. The fourth-order valence-electron chi connectivity index (χ4n) is 3.51. The van der Waals surface area contributed by atoms with E-state index in [0.29, 0.717) is 17.8 Å². The highest BCUT2D eigenvalue weighted by atomic mass is 32.2. The van der Waals surface area contributed by atoms with Crippen LogP contribution in [0, 0.1) is 0 Å². The molecule has 0 heterocycles. The Bertz CT molecular complexity index is 1010. The number of nitrogens with zero attached hydrogens (tertiary/aromatic N) is 1. The summed E-state index contributed by atoms with van der Waals surface area (Å²) in [6.07, 6.45) is 9.92. The summed E-state index contributed by atoms with van der Waals surface area (Å²) in [5.41, 5.74) is 3.35. The zero-order chi connectivity index (χ0) is 21.6. The molecule has 0 saturated carbocycles. The molecule has 1 aliphatic rings. The minimum Gasteiger partial charge on any atom is -0.348 e. The molecule has 5 nitrogen and oxygen atoms in total. The van der Waals surface area contributed by atoms with E-state index >= 15 is 0 Å². The van der Waals surface area contributed by atoms with Gasteiger partial charge in [0.05, 0.1) is 18.5 Å². The van der Waals surface area contributed by atoms with Crippen molar-refractivity contribution in [3.05, 3.63) is 71.3 Å². The lowest BCUT2D eigenvalue weighted by Crippen LogP contribution is -2.30. The number of hydrogen-bond acceptors (Lipinski definition) is 4. The van der Waals surface area contributed by atoms with Crippen LogP contribution in [0.1, 0.15) is 41.6 Å². The van der Waals surface area contributed by atoms with Gasteiger partial charge in [0.25, 0.3) is 5.91 Å². The Labute approximate surface area is 183 Å². The van der Waals surface area contributed by atoms with Gasteiger partial charge >= 0.3 is 0 Å². The third-order valence-corrected chi connectivity index (χ3v) is 7.07. The maximum absolute atomic E-state index is 12.5. The largest absolute Gasteiger partial charge is 0.348 e. The van der Waals surface area contributed by atoms with Gasteiger partial charge in [-0.25, -0.2) is 8.42 Å². The number of allylic oxidation sites excluding steroid dienone is 1. The van der Waals surface area contributed by atoms with Crippen molar-refractivity contribution in [2.24, 2.45) is 0 Å². The van der Waals surface area contributed by atoms with Gasteiger partial charge in [0.15, 0.2) is 0 Å². The molecular weight excluding hydrogens is 416 g/mol. The zero-order valence-corrected chi connectivity index (χ0v) is 19.1. The van der Waals surface area contributed by atoms with Crippen molar-refractivity contribution < 1.29 is 13.2 Å². The van der Waals surface area contributed by atoms with E-state index in [1.54, 1.807) is 12.1 Å². The minimum absolute atomic E-state index is 0.110. The number of rotatable bonds is 8. The summed E-state index contributed by atoms with van der Waals surface area (Å²) in [7, 11) is -3.46. The van der Waals surface area contributed by atoms with Gasteiger partial charge in [-0.2, -0.15) is 0 Å². The van der Waals surface area contributed by atoms with Gasteiger partial charge in [0, 0.05) is 17.0 Å². The quantitative estimate of drug-likeness (QED) is 0.477. The summed E-state index contributed by atoms with van der Waals surface area (Å²) < 4.78 is 26.3. The van der Waals surface area contributed by atoms with E-state index in [4.69, 9.17) is 0 Å². The van der Waals surface area contributed by atoms with E-state index in [2.05, 4.69) is 11.4 Å². The van der Waals surface area contributed by atoms with Crippen molar-refractivity contribution in [1.29, 1.82) is 0 Å². The fraction of sp³-hybridized carbons (Fsp3) is 0.348. The Morgan fingerprint density at radius 3 is 2.47 bits per heavy atom. The molecule has 3 rings (SSSR count). The predicted octanol–water partition coefficient (Wildman–Crippen LogP) is 4.60. The lowest BCUT2D eigenvalue weighted by Gasteiger charge is -2.24. The lowest BCUT2D eigenvalue weighted by atomic mass is 9.99. The number of carbonyl (C=O) groups excluding carboxylic acids is 1. The monoisotopic (exact) mass is 444 g/mol. The molecular formula is C23H28N2O3S2. The van der Waals surface area contributed by atoms with Gasteiger partial charge in [0.1, 0.15) is 0 Å². The Balaban J connectivity index is 1.71. The summed E-state index contributed by atoms with van der Waals surface area (Å²) >= 11 is 1.51. The third-order valence-electron chi connectivity index (χ3n) is 5.16. The maximum atomic E-state index is 12.5. The van der Waals surface area contributed by atoms with Gasteiger partial charge < -0.3 is 5.32 Å². The van der Waals surface area contributed by atoms with Gasteiger partial charge in [-0.1, -0.05) is 35.9 Å². The van der Waals surface area contributed by atoms with Crippen molar-refractivity contribution >= 4 is 33.4 Å². The van der Waals surface area contributed by atoms with Crippen LogP contribution in [0.2, 0.25) is 0 Å². The van der Waals surface area contributed by atoms with E-state index in [9.17, 15) is 13.2 Å². The highest BCUT2D eigenvalue weighted by molar-refractivity contribution is 7.99. The summed E-state index contributed by atoms with van der Waals surface area (Å²) in [4.78, 5) is 13.3. The third kappa shape index (κ3) is 5.89. The summed E-state index contributed by atoms with van der Waals surface area (Å²) in [6, 6.07) is 14.6. The fourth-order valence-corrected chi connectivity index (χ4v) is 5.07. The molecule has 0 aliphatic heterocycles. The Hall–Kier alpha value is -2.25. The lowest BCUT2D eigenvalue weighted by molar-refractivity contribution is 0.0956. The topological polar surface area (TPSA) is 66.5 Å². The Kier molecular flexibility index (Phi) is 7.61. The molecule has 0 radical (unpaired) electrons. The molecule has 30 heavy (non-hydrogen) atoms. The Morgan fingerprint density at radius 1 is 1.10 bits per heavy atom. The second kappa shape index (κ2) is 10.2. The second-order valence-electron chi connectivity index (χ2n) is 7.43. The summed E-state index contributed by atoms with van der Waals surface area (Å²) in [5, 5.41) is 2.98. The molecule has 0 bridgehead atoms. The molecule has 0 atom stereocenters. The standard InChI is InChI=1S/C23H28N2O3S2/c1-29-22-11-7-6-10-21(22)25(30(2,27)28)17-19-12-14-20(15-13-19)23(26)24-16-18-8-4-3-5-9-18/h6-8,10-15H,3-5,9,16-17H2,1-2H3,(H,24,26). The van der Waals surface area contributed by atoms with E-state index < -0.39 is 10.0 Å². The number of sulfonamides is 1. The number of amides is 1. The average molecular weight is 445 g/mol. The van der Waals surface area contributed by atoms with Crippen molar-refractivity contribution in [2.45, 2.75) is 37.1 Å². The van der Waals surface area contributed by atoms with Crippen molar-refractivity contribution in [1.82, 2.24) is 5.32 Å². The number of nitrogens with one attached hydrogen (secondary N) is 1.